The second-order valence-electron chi connectivity index (χ2n) is 11.5. The van der Waals surface area contributed by atoms with E-state index in [9.17, 15) is 14.7 Å². The molecule has 2 aliphatic heterocycles. The molecule has 37 heavy (non-hydrogen) atoms. The first kappa shape index (κ1) is 23.6. The minimum Gasteiger partial charge on any atom is -0.486 e. The predicted molar refractivity (Wildman–Crippen MR) is 141 cm³/mol. The van der Waals surface area contributed by atoms with Crippen molar-refractivity contribution in [2.75, 3.05) is 19.3 Å². The highest BCUT2D eigenvalue weighted by Crippen LogP contribution is 2.64. The van der Waals surface area contributed by atoms with Crippen LogP contribution in [-0.2, 0) is 11.8 Å². The molecule has 1 spiro atoms. The first-order valence-corrected chi connectivity index (χ1v) is 14.6. The molecule has 0 radical (unpaired) electrons. The molecule has 3 aliphatic carbocycles. The molecule has 7 nitrogen and oxygen atoms in total. The Hall–Kier alpha value is -2.55. The van der Waals surface area contributed by atoms with E-state index in [1.54, 1.807) is 17.8 Å². The molecule has 1 saturated heterocycles. The number of rotatable bonds is 6. The van der Waals surface area contributed by atoms with Gasteiger partial charge in [-0.3, -0.25) is 14.5 Å². The van der Waals surface area contributed by atoms with E-state index in [2.05, 4.69) is 10.2 Å². The molecule has 0 aromatic heterocycles. The van der Waals surface area contributed by atoms with Gasteiger partial charge in [0.05, 0.1) is 22.6 Å². The number of nitrogens with two attached hydrogens (primary N) is 1. The number of piperidine rings is 1. The summed E-state index contributed by atoms with van der Waals surface area (Å²) in [5.74, 6) is 0.579. The molecule has 2 aromatic carbocycles. The smallest absolute Gasteiger partial charge is 0.252 e. The van der Waals surface area contributed by atoms with E-state index in [4.69, 9.17) is 10.5 Å². The molecule has 3 fully saturated rings. The maximum Gasteiger partial charge on any atom is 0.252 e. The van der Waals surface area contributed by atoms with Gasteiger partial charge in [-0.1, -0.05) is 6.07 Å². The lowest BCUT2D eigenvalue weighted by Gasteiger charge is -2.64. The van der Waals surface area contributed by atoms with Crippen molar-refractivity contribution in [1.29, 1.82) is 0 Å². The van der Waals surface area contributed by atoms with Gasteiger partial charge in [0.25, 0.3) is 11.8 Å². The third-order valence-corrected chi connectivity index (χ3v) is 10.5. The number of nitrogens with zero attached hydrogens (tertiary/aromatic N) is 1. The number of carbonyl (C=O) groups is 2. The SMILES string of the molecule is CSc1ccc(C(=O)N[C@@H]2CC[C@@]3(O)[C@H]4Cc5ccc(C(N)=O)c6c5[C@@]3(CCN4CC3CC3)[C@H]2O6)cc1. The number of hydrogen-bond donors (Lipinski definition) is 3. The Morgan fingerprint density at radius 1 is 1.16 bits per heavy atom. The van der Waals surface area contributed by atoms with Crippen molar-refractivity contribution in [3.8, 4) is 5.75 Å². The fourth-order valence-electron chi connectivity index (χ4n) is 7.83. The summed E-state index contributed by atoms with van der Waals surface area (Å²) in [6.45, 7) is 1.90. The van der Waals surface area contributed by atoms with Gasteiger partial charge >= 0.3 is 0 Å². The van der Waals surface area contributed by atoms with Gasteiger partial charge in [-0.15, -0.1) is 11.8 Å². The number of nitrogens with one attached hydrogen (secondary N) is 1. The topological polar surface area (TPSA) is 105 Å². The maximum absolute atomic E-state index is 13.3. The predicted octanol–water partition coefficient (Wildman–Crippen LogP) is 2.87. The molecule has 2 bridgehead atoms. The first-order chi connectivity index (χ1) is 17.9. The largest absolute Gasteiger partial charge is 0.486 e. The van der Waals surface area contributed by atoms with Crippen molar-refractivity contribution in [3.05, 3.63) is 58.7 Å². The van der Waals surface area contributed by atoms with Gasteiger partial charge in [0.2, 0.25) is 0 Å². The fraction of sp³-hybridized carbons (Fsp3) is 0.517. The Labute approximate surface area is 221 Å². The molecule has 5 atom stereocenters. The fourth-order valence-corrected chi connectivity index (χ4v) is 8.24. The summed E-state index contributed by atoms with van der Waals surface area (Å²) in [7, 11) is 0. The van der Waals surface area contributed by atoms with Crippen LogP contribution in [0.5, 0.6) is 5.75 Å². The van der Waals surface area contributed by atoms with Crippen molar-refractivity contribution in [2.24, 2.45) is 11.7 Å². The zero-order chi connectivity index (χ0) is 25.5. The van der Waals surface area contributed by atoms with Gasteiger partial charge in [-0.2, -0.15) is 0 Å². The number of thioether (sulfide) groups is 1. The Morgan fingerprint density at radius 3 is 2.65 bits per heavy atom. The van der Waals surface area contributed by atoms with E-state index in [0.29, 0.717) is 29.7 Å². The molecule has 2 amide bonds. The van der Waals surface area contributed by atoms with Crippen molar-refractivity contribution in [1.82, 2.24) is 10.2 Å². The lowest BCUT2D eigenvalue weighted by atomic mass is 9.48. The number of benzene rings is 2. The van der Waals surface area contributed by atoms with E-state index in [1.807, 2.05) is 36.6 Å². The minimum absolute atomic E-state index is 0.00145. The average Bonchev–Trinajstić information content (AvgIpc) is 3.64. The Balaban J connectivity index is 1.29. The summed E-state index contributed by atoms with van der Waals surface area (Å²) >= 11 is 1.64. The monoisotopic (exact) mass is 519 g/mol. The van der Waals surface area contributed by atoms with Crippen LogP contribution in [0.25, 0.3) is 0 Å². The standard InChI is InChI=1S/C29H33N3O4S/c1-37-19-7-4-17(5-8-19)27(34)31-21-10-11-29(35)22-14-18-6-9-20(26(30)33)24-23(18)28(29,25(21)36-24)12-13-32(22)15-16-2-3-16/h4-9,16,21-22,25,35H,2-3,10-15H2,1H3,(H2,30,33)(H,31,34)/t21-,22-,25+,28+,29-/m1/s1. The zero-order valence-electron chi connectivity index (χ0n) is 21.0. The van der Waals surface area contributed by atoms with E-state index in [-0.39, 0.29) is 18.0 Å². The molecule has 2 aromatic rings. The molecule has 7 rings (SSSR count). The van der Waals surface area contributed by atoms with Crippen LogP contribution in [0.15, 0.2) is 41.3 Å². The second-order valence-corrected chi connectivity index (χ2v) is 12.4. The lowest BCUT2D eigenvalue weighted by Crippen LogP contribution is -2.78. The molecule has 2 heterocycles. The molecular formula is C29H33N3O4S. The Morgan fingerprint density at radius 2 is 1.95 bits per heavy atom. The van der Waals surface area contributed by atoms with Gasteiger partial charge in [-0.05, 0) is 93.1 Å². The van der Waals surface area contributed by atoms with Crippen LogP contribution in [0, 0.1) is 5.92 Å². The Kier molecular flexibility index (Phi) is 5.24. The van der Waals surface area contributed by atoms with Crippen molar-refractivity contribution in [2.45, 2.75) is 72.6 Å². The van der Waals surface area contributed by atoms with Gasteiger partial charge in [0.15, 0.2) is 0 Å². The summed E-state index contributed by atoms with van der Waals surface area (Å²) in [6.07, 6.45) is 6.75. The first-order valence-electron chi connectivity index (χ1n) is 13.4. The van der Waals surface area contributed by atoms with Crippen LogP contribution in [0.4, 0.5) is 0 Å². The van der Waals surface area contributed by atoms with Gasteiger partial charge in [-0.25, -0.2) is 0 Å². The molecule has 0 unspecified atom stereocenters. The summed E-state index contributed by atoms with van der Waals surface area (Å²) in [5, 5.41) is 15.9. The number of amides is 2. The van der Waals surface area contributed by atoms with Gasteiger partial charge in [0, 0.05) is 28.6 Å². The van der Waals surface area contributed by atoms with Crippen LogP contribution in [-0.4, -0.2) is 65.0 Å². The molecule has 8 heteroatoms. The summed E-state index contributed by atoms with van der Waals surface area (Å²) < 4.78 is 6.65. The third kappa shape index (κ3) is 3.28. The summed E-state index contributed by atoms with van der Waals surface area (Å²) in [5.41, 5.74) is 7.18. The summed E-state index contributed by atoms with van der Waals surface area (Å²) in [6, 6.07) is 11.1. The normalized spacial score (nSPS) is 33.4. The highest BCUT2D eigenvalue weighted by Gasteiger charge is 2.73. The molecule has 5 aliphatic rings. The van der Waals surface area contributed by atoms with Gasteiger partial charge < -0.3 is 20.9 Å². The highest BCUT2D eigenvalue weighted by molar-refractivity contribution is 7.98. The van der Waals surface area contributed by atoms with Gasteiger partial charge in [0.1, 0.15) is 11.9 Å². The highest BCUT2D eigenvalue weighted by atomic mass is 32.2. The maximum atomic E-state index is 13.3. The van der Waals surface area contributed by atoms with Crippen LogP contribution in [0.2, 0.25) is 0 Å². The van der Waals surface area contributed by atoms with E-state index < -0.39 is 23.0 Å². The van der Waals surface area contributed by atoms with Crippen LogP contribution < -0.4 is 15.8 Å². The number of likely N-dealkylation sites (tertiary alicyclic amines) is 1. The van der Waals surface area contributed by atoms with E-state index >= 15 is 0 Å². The number of ether oxygens (including phenoxy) is 1. The average molecular weight is 520 g/mol. The molecule has 4 N–H and O–H groups in total. The van der Waals surface area contributed by atoms with Crippen LogP contribution >= 0.6 is 11.8 Å². The van der Waals surface area contributed by atoms with E-state index in [1.165, 1.54) is 12.8 Å². The second kappa shape index (κ2) is 8.22. The third-order valence-electron chi connectivity index (χ3n) is 9.72. The number of carbonyl (C=O) groups excluding carboxylic acids is 2. The van der Waals surface area contributed by atoms with Crippen LogP contribution in [0.3, 0.4) is 0 Å². The van der Waals surface area contributed by atoms with Crippen molar-refractivity contribution < 1.29 is 19.4 Å². The number of aliphatic hydroxyl groups is 1. The van der Waals surface area contributed by atoms with Crippen LogP contribution in [0.1, 0.15) is 63.9 Å². The molecule has 194 valence electrons. The van der Waals surface area contributed by atoms with Crippen molar-refractivity contribution in [3.63, 3.8) is 0 Å². The molecular weight excluding hydrogens is 486 g/mol. The number of primary amides is 1. The zero-order valence-corrected chi connectivity index (χ0v) is 21.9. The number of hydrogen-bond acceptors (Lipinski definition) is 6. The quantitative estimate of drug-likeness (QED) is 0.507. The summed E-state index contributed by atoms with van der Waals surface area (Å²) in [4.78, 5) is 29.3. The Bertz CT molecular complexity index is 1290. The van der Waals surface area contributed by atoms with E-state index in [0.717, 1.165) is 47.9 Å². The van der Waals surface area contributed by atoms with Crippen molar-refractivity contribution >= 4 is 23.6 Å². The molecule has 2 saturated carbocycles. The minimum atomic E-state index is -0.986. The lowest BCUT2D eigenvalue weighted by molar-refractivity contribution is -0.191.